The summed E-state index contributed by atoms with van der Waals surface area (Å²) in [4.78, 5) is 14.6. The number of halogens is 5. The predicted molar refractivity (Wildman–Crippen MR) is 89.0 cm³/mol. The van der Waals surface area contributed by atoms with Crippen molar-refractivity contribution in [2.45, 2.75) is 16.3 Å². The van der Waals surface area contributed by atoms with Crippen LogP contribution < -0.4 is 0 Å². The van der Waals surface area contributed by atoms with Crippen molar-refractivity contribution in [3.8, 4) is 17.1 Å². The van der Waals surface area contributed by atoms with E-state index in [-0.39, 0.29) is 4.90 Å². The van der Waals surface area contributed by atoms with E-state index in [2.05, 4.69) is 10.1 Å². The molecular formula is C17H10F5N3OS. The summed E-state index contributed by atoms with van der Waals surface area (Å²) in [6.07, 6.45) is -3.54. The number of aldehydes is 1. The van der Waals surface area contributed by atoms with Crippen LogP contribution in [-0.4, -0.2) is 32.5 Å². The topological polar surface area (TPSA) is 47.8 Å². The number of carbonyl (C=O) groups is 1. The van der Waals surface area contributed by atoms with Gasteiger partial charge in [0.05, 0.1) is 5.69 Å². The normalized spacial score (nSPS) is 12.2. The van der Waals surface area contributed by atoms with Crippen molar-refractivity contribution in [1.29, 1.82) is 0 Å². The van der Waals surface area contributed by atoms with Gasteiger partial charge in [-0.25, -0.2) is 9.67 Å². The first-order chi connectivity index (χ1) is 12.7. The van der Waals surface area contributed by atoms with Gasteiger partial charge in [-0.3, -0.25) is 4.79 Å². The highest BCUT2D eigenvalue weighted by molar-refractivity contribution is 8.00. The molecule has 0 saturated carbocycles. The Balaban J connectivity index is 1.78. The van der Waals surface area contributed by atoms with Crippen molar-refractivity contribution in [3.05, 3.63) is 60.4 Å². The molecule has 140 valence electrons. The van der Waals surface area contributed by atoms with Gasteiger partial charge in [-0.05, 0) is 36.0 Å². The van der Waals surface area contributed by atoms with Gasteiger partial charge in [0.25, 0.3) is 0 Å². The summed E-state index contributed by atoms with van der Waals surface area (Å²) < 4.78 is 64.3. The van der Waals surface area contributed by atoms with Crippen LogP contribution in [0.4, 0.5) is 22.0 Å². The zero-order valence-electron chi connectivity index (χ0n) is 13.3. The van der Waals surface area contributed by atoms with E-state index >= 15 is 0 Å². The molecule has 2 aromatic carbocycles. The molecule has 0 fully saturated rings. The van der Waals surface area contributed by atoms with Crippen LogP contribution in [0.3, 0.4) is 0 Å². The molecule has 27 heavy (non-hydrogen) atoms. The minimum absolute atomic E-state index is 0.231. The molecule has 0 unspecified atom stereocenters. The molecule has 0 spiro atoms. The molecule has 0 N–H and O–H groups in total. The summed E-state index contributed by atoms with van der Waals surface area (Å²) >= 11 is -0.570. The monoisotopic (exact) mass is 399 g/mol. The predicted octanol–water partition coefficient (Wildman–Crippen LogP) is 4.99. The van der Waals surface area contributed by atoms with Crippen LogP contribution >= 0.6 is 11.8 Å². The van der Waals surface area contributed by atoms with Crippen molar-refractivity contribution in [1.82, 2.24) is 14.8 Å². The SMILES string of the molecule is O=Cc1ccc(-c2ncn(-c3ccc(SC(F)(F)C(F)(F)F)cc3)n2)cc1. The van der Waals surface area contributed by atoms with E-state index in [1.165, 1.54) is 23.1 Å². The van der Waals surface area contributed by atoms with Gasteiger partial charge in [0.15, 0.2) is 5.82 Å². The molecule has 0 saturated heterocycles. The van der Waals surface area contributed by atoms with E-state index < -0.39 is 23.2 Å². The van der Waals surface area contributed by atoms with Crippen LogP contribution in [0.1, 0.15) is 10.4 Å². The zero-order valence-corrected chi connectivity index (χ0v) is 14.1. The molecule has 0 aliphatic carbocycles. The second kappa shape index (κ2) is 7.10. The molecular weight excluding hydrogens is 389 g/mol. The zero-order chi connectivity index (χ0) is 19.7. The Morgan fingerprint density at radius 3 is 2.11 bits per heavy atom. The summed E-state index contributed by atoms with van der Waals surface area (Å²) in [6.45, 7) is 0. The fourth-order valence-electron chi connectivity index (χ4n) is 2.10. The van der Waals surface area contributed by atoms with Crippen LogP contribution in [0.5, 0.6) is 0 Å². The Kier molecular flexibility index (Phi) is 5.01. The van der Waals surface area contributed by atoms with Gasteiger partial charge >= 0.3 is 11.4 Å². The number of thioether (sulfide) groups is 1. The number of benzene rings is 2. The van der Waals surface area contributed by atoms with E-state index in [1.807, 2.05) is 0 Å². The molecule has 0 aliphatic heterocycles. The van der Waals surface area contributed by atoms with Crippen LogP contribution in [0.15, 0.2) is 59.8 Å². The van der Waals surface area contributed by atoms with Crippen LogP contribution in [0.25, 0.3) is 17.1 Å². The molecule has 0 atom stereocenters. The third-order valence-electron chi connectivity index (χ3n) is 3.47. The Hall–Kier alpha value is -2.75. The largest absolute Gasteiger partial charge is 0.464 e. The van der Waals surface area contributed by atoms with E-state index in [1.54, 1.807) is 24.3 Å². The maximum absolute atomic E-state index is 13.1. The molecule has 3 aromatic rings. The van der Waals surface area contributed by atoms with Gasteiger partial charge in [-0.15, -0.1) is 5.10 Å². The second-order valence-electron chi connectivity index (χ2n) is 5.36. The lowest BCUT2D eigenvalue weighted by Crippen LogP contribution is -2.32. The lowest BCUT2D eigenvalue weighted by atomic mass is 10.1. The van der Waals surface area contributed by atoms with Gasteiger partial charge in [0.2, 0.25) is 0 Å². The van der Waals surface area contributed by atoms with Crippen LogP contribution in [-0.2, 0) is 0 Å². The summed E-state index contributed by atoms with van der Waals surface area (Å²) in [6, 6.07) is 11.6. The first-order valence-corrected chi connectivity index (χ1v) is 8.22. The average Bonchev–Trinajstić information content (AvgIpc) is 3.11. The average molecular weight is 399 g/mol. The van der Waals surface area contributed by atoms with Crippen molar-refractivity contribution in [2.75, 3.05) is 0 Å². The third-order valence-corrected chi connectivity index (χ3v) is 4.47. The third kappa shape index (κ3) is 4.16. The van der Waals surface area contributed by atoms with Crippen LogP contribution in [0.2, 0.25) is 0 Å². The minimum atomic E-state index is -5.63. The number of carbonyl (C=O) groups excluding carboxylic acids is 1. The molecule has 10 heteroatoms. The summed E-state index contributed by atoms with van der Waals surface area (Å²) in [5, 5.41) is -0.640. The molecule has 0 radical (unpaired) electrons. The van der Waals surface area contributed by atoms with E-state index in [0.717, 1.165) is 12.1 Å². The number of nitrogens with zero attached hydrogens (tertiary/aromatic N) is 3. The minimum Gasteiger partial charge on any atom is -0.298 e. The van der Waals surface area contributed by atoms with E-state index in [9.17, 15) is 26.7 Å². The molecule has 0 aliphatic rings. The molecule has 3 rings (SSSR count). The highest BCUT2D eigenvalue weighted by Crippen LogP contribution is 2.47. The highest BCUT2D eigenvalue weighted by atomic mass is 32.2. The number of hydrogen-bond donors (Lipinski definition) is 0. The first-order valence-electron chi connectivity index (χ1n) is 7.41. The first kappa shape index (κ1) is 19.0. The molecule has 0 bridgehead atoms. The van der Waals surface area contributed by atoms with Crippen LogP contribution in [0, 0.1) is 0 Å². The molecule has 4 nitrogen and oxygen atoms in total. The summed E-state index contributed by atoms with van der Waals surface area (Å²) in [5.41, 5.74) is 1.61. The van der Waals surface area contributed by atoms with Crippen molar-refractivity contribution < 1.29 is 26.7 Å². The van der Waals surface area contributed by atoms with E-state index in [0.29, 0.717) is 28.9 Å². The maximum atomic E-state index is 13.1. The summed E-state index contributed by atoms with van der Waals surface area (Å²) in [5.74, 6) is 0.370. The maximum Gasteiger partial charge on any atom is 0.464 e. The number of alkyl halides is 5. The summed E-state index contributed by atoms with van der Waals surface area (Å²) in [7, 11) is 0. The van der Waals surface area contributed by atoms with Gasteiger partial charge < -0.3 is 0 Å². The van der Waals surface area contributed by atoms with Crippen molar-refractivity contribution in [3.63, 3.8) is 0 Å². The van der Waals surface area contributed by atoms with Gasteiger partial charge in [-0.1, -0.05) is 24.3 Å². The van der Waals surface area contributed by atoms with Crippen molar-refractivity contribution in [2.24, 2.45) is 0 Å². The Morgan fingerprint density at radius 1 is 0.926 bits per heavy atom. The highest BCUT2D eigenvalue weighted by Gasteiger charge is 2.58. The molecule has 1 heterocycles. The van der Waals surface area contributed by atoms with Gasteiger partial charge in [0.1, 0.15) is 12.6 Å². The fourth-order valence-corrected chi connectivity index (χ4v) is 2.79. The number of aromatic nitrogens is 3. The smallest absolute Gasteiger partial charge is 0.298 e. The Morgan fingerprint density at radius 2 is 1.56 bits per heavy atom. The Bertz CT molecular complexity index is 936. The standard InChI is InChI=1S/C17H10F5N3OS/c18-16(19,20)17(21,22)27-14-7-5-13(6-8-14)25-10-23-15(24-25)12-3-1-11(9-26)2-4-12/h1-10H. The van der Waals surface area contributed by atoms with Gasteiger partial charge in [0, 0.05) is 16.0 Å². The quantitative estimate of drug-likeness (QED) is 0.344. The lowest BCUT2D eigenvalue weighted by Gasteiger charge is -2.18. The lowest BCUT2D eigenvalue weighted by molar-refractivity contribution is -0.237. The Labute approximate surface area is 154 Å². The van der Waals surface area contributed by atoms with E-state index in [4.69, 9.17) is 0 Å². The fraction of sp³-hybridized carbons (Fsp3) is 0.118. The number of rotatable bonds is 5. The molecule has 1 aromatic heterocycles. The van der Waals surface area contributed by atoms with Crippen molar-refractivity contribution >= 4 is 18.0 Å². The molecule has 0 amide bonds. The number of hydrogen-bond acceptors (Lipinski definition) is 4. The van der Waals surface area contributed by atoms with Gasteiger partial charge in [-0.2, -0.15) is 22.0 Å². The second-order valence-corrected chi connectivity index (χ2v) is 6.55.